The molecular formula is C31H42ClN3O3. The van der Waals surface area contributed by atoms with Gasteiger partial charge in [-0.2, -0.15) is 0 Å². The van der Waals surface area contributed by atoms with E-state index in [4.69, 9.17) is 11.6 Å². The summed E-state index contributed by atoms with van der Waals surface area (Å²) in [6.45, 7) is 4.26. The van der Waals surface area contributed by atoms with Gasteiger partial charge < -0.3 is 15.5 Å². The van der Waals surface area contributed by atoms with Gasteiger partial charge in [-0.25, -0.2) is 0 Å². The Balaban J connectivity index is 1.74. The Hall–Kier alpha value is -2.86. The molecular weight excluding hydrogens is 498 g/mol. The molecule has 2 aromatic rings. The molecule has 206 valence electrons. The van der Waals surface area contributed by atoms with Crippen LogP contribution in [-0.2, 0) is 9.59 Å². The highest BCUT2D eigenvalue weighted by molar-refractivity contribution is 6.30. The van der Waals surface area contributed by atoms with E-state index in [1.165, 1.54) is 11.3 Å². The zero-order chi connectivity index (χ0) is 27.7. The summed E-state index contributed by atoms with van der Waals surface area (Å²) in [6.07, 6.45) is 7.53. The first-order chi connectivity index (χ1) is 18.2. The number of amides is 3. The molecule has 38 heavy (non-hydrogen) atoms. The molecule has 0 aliphatic heterocycles. The van der Waals surface area contributed by atoms with E-state index in [1.54, 1.807) is 38.4 Å². The SMILES string of the molecule is CCCC[C@H](NC(=O)c1cccc(NC(=O)[C@H]2CCC(CCC)C[C@@H]2c2ccc(Cl)cc2)c1)C(=O)N(C)C. The predicted octanol–water partition coefficient (Wildman–Crippen LogP) is 6.66. The third kappa shape index (κ3) is 8.07. The van der Waals surface area contributed by atoms with Crippen molar-refractivity contribution in [2.75, 3.05) is 19.4 Å². The summed E-state index contributed by atoms with van der Waals surface area (Å²) in [7, 11) is 3.38. The Morgan fingerprint density at radius 3 is 2.42 bits per heavy atom. The molecule has 1 fully saturated rings. The molecule has 0 saturated heterocycles. The van der Waals surface area contributed by atoms with Gasteiger partial charge in [-0.15, -0.1) is 0 Å². The average Bonchev–Trinajstić information content (AvgIpc) is 2.91. The zero-order valence-electron chi connectivity index (χ0n) is 23.1. The predicted molar refractivity (Wildman–Crippen MR) is 154 cm³/mol. The fraction of sp³-hybridized carbons (Fsp3) is 0.516. The second-order valence-corrected chi connectivity index (χ2v) is 11.1. The lowest BCUT2D eigenvalue weighted by Crippen LogP contribution is -2.46. The smallest absolute Gasteiger partial charge is 0.252 e. The van der Waals surface area contributed by atoms with Crippen molar-refractivity contribution in [3.63, 3.8) is 0 Å². The van der Waals surface area contributed by atoms with Crippen LogP contribution in [0.2, 0.25) is 5.02 Å². The Morgan fingerprint density at radius 1 is 1.03 bits per heavy atom. The van der Waals surface area contributed by atoms with Crippen LogP contribution in [0.3, 0.4) is 0 Å². The van der Waals surface area contributed by atoms with Gasteiger partial charge in [-0.1, -0.05) is 69.3 Å². The topological polar surface area (TPSA) is 78.5 Å². The number of halogens is 1. The number of hydrogen-bond acceptors (Lipinski definition) is 3. The Labute approximate surface area is 232 Å². The summed E-state index contributed by atoms with van der Waals surface area (Å²) in [5.74, 6) is 0.112. The maximum Gasteiger partial charge on any atom is 0.252 e. The average molecular weight is 540 g/mol. The zero-order valence-corrected chi connectivity index (χ0v) is 23.9. The summed E-state index contributed by atoms with van der Waals surface area (Å²) in [4.78, 5) is 40.7. The molecule has 1 saturated carbocycles. The molecule has 3 rings (SSSR count). The van der Waals surface area contributed by atoms with Gasteiger partial charge in [-0.05, 0) is 73.4 Å². The first kappa shape index (κ1) is 29.7. The van der Waals surface area contributed by atoms with Crippen molar-refractivity contribution in [2.24, 2.45) is 11.8 Å². The van der Waals surface area contributed by atoms with Crippen LogP contribution in [-0.4, -0.2) is 42.8 Å². The van der Waals surface area contributed by atoms with Crippen LogP contribution in [0.4, 0.5) is 5.69 Å². The minimum atomic E-state index is -0.575. The van der Waals surface area contributed by atoms with E-state index in [-0.39, 0.29) is 29.6 Å². The molecule has 0 heterocycles. The van der Waals surface area contributed by atoms with Crippen molar-refractivity contribution in [1.82, 2.24) is 10.2 Å². The van der Waals surface area contributed by atoms with E-state index in [0.717, 1.165) is 44.1 Å². The molecule has 2 aromatic carbocycles. The fourth-order valence-corrected chi connectivity index (χ4v) is 5.64. The molecule has 4 atom stereocenters. The van der Waals surface area contributed by atoms with E-state index in [9.17, 15) is 14.4 Å². The molecule has 3 amide bonds. The largest absolute Gasteiger partial charge is 0.347 e. The third-order valence-corrected chi connectivity index (χ3v) is 7.83. The lowest BCUT2D eigenvalue weighted by molar-refractivity contribution is -0.130. The number of carbonyl (C=O) groups is 3. The Bertz CT molecular complexity index is 1090. The summed E-state index contributed by atoms with van der Waals surface area (Å²) < 4.78 is 0. The fourth-order valence-electron chi connectivity index (χ4n) is 5.51. The molecule has 0 radical (unpaired) electrons. The van der Waals surface area contributed by atoms with Crippen LogP contribution in [0, 0.1) is 11.8 Å². The van der Waals surface area contributed by atoms with Crippen molar-refractivity contribution >= 4 is 35.0 Å². The summed E-state index contributed by atoms with van der Waals surface area (Å²) >= 11 is 6.13. The van der Waals surface area contributed by atoms with E-state index < -0.39 is 6.04 Å². The molecule has 7 heteroatoms. The highest BCUT2D eigenvalue weighted by Crippen LogP contribution is 2.43. The Kier molecular flexibility index (Phi) is 11.2. The Morgan fingerprint density at radius 2 is 1.76 bits per heavy atom. The lowest BCUT2D eigenvalue weighted by atomic mass is 9.69. The quantitative estimate of drug-likeness (QED) is 0.335. The maximum absolute atomic E-state index is 13.5. The van der Waals surface area contributed by atoms with Gasteiger partial charge in [0, 0.05) is 36.3 Å². The minimum absolute atomic E-state index is 0.0268. The van der Waals surface area contributed by atoms with Crippen LogP contribution in [0.1, 0.15) is 87.1 Å². The van der Waals surface area contributed by atoms with Crippen molar-refractivity contribution in [2.45, 2.75) is 77.2 Å². The summed E-state index contributed by atoms with van der Waals surface area (Å²) in [5.41, 5.74) is 2.14. The first-order valence-electron chi connectivity index (χ1n) is 13.9. The second-order valence-electron chi connectivity index (χ2n) is 10.7. The molecule has 1 unspecified atom stereocenters. The van der Waals surface area contributed by atoms with Gasteiger partial charge in [0.05, 0.1) is 0 Å². The van der Waals surface area contributed by atoms with Crippen LogP contribution in [0.5, 0.6) is 0 Å². The maximum atomic E-state index is 13.5. The summed E-state index contributed by atoms with van der Waals surface area (Å²) in [6, 6.07) is 14.2. The van der Waals surface area contributed by atoms with Gasteiger partial charge in [-0.3, -0.25) is 14.4 Å². The normalized spacial score (nSPS) is 19.9. The monoisotopic (exact) mass is 539 g/mol. The third-order valence-electron chi connectivity index (χ3n) is 7.57. The number of rotatable bonds is 11. The van der Waals surface area contributed by atoms with Crippen LogP contribution in [0.15, 0.2) is 48.5 Å². The van der Waals surface area contributed by atoms with E-state index >= 15 is 0 Å². The van der Waals surface area contributed by atoms with Crippen LogP contribution in [0.25, 0.3) is 0 Å². The van der Waals surface area contributed by atoms with Gasteiger partial charge in [0.2, 0.25) is 11.8 Å². The van der Waals surface area contributed by atoms with Crippen molar-refractivity contribution < 1.29 is 14.4 Å². The lowest BCUT2D eigenvalue weighted by Gasteiger charge is -2.36. The molecule has 6 nitrogen and oxygen atoms in total. The molecule has 2 N–H and O–H groups in total. The second kappa shape index (κ2) is 14.3. The number of nitrogens with one attached hydrogen (secondary N) is 2. The molecule has 1 aliphatic carbocycles. The number of unbranched alkanes of at least 4 members (excludes halogenated alkanes) is 1. The van der Waals surface area contributed by atoms with Crippen molar-refractivity contribution in [3.05, 3.63) is 64.7 Å². The number of hydrogen-bond donors (Lipinski definition) is 2. The number of anilines is 1. The highest BCUT2D eigenvalue weighted by Gasteiger charge is 2.35. The number of nitrogens with zero attached hydrogens (tertiary/aromatic N) is 1. The molecule has 0 aromatic heterocycles. The number of carbonyl (C=O) groups excluding carboxylic acids is 3. The molecule has 0 spiro atoms. The number of likely N-dealkylation sites (N-methyl/N-ethyl adjacent to an activating group) is 1. The molecule has 1 aliphatic rings. The van der Waals surface area contributed by atoms with Crippen molar-refractivity contribution in [1.29, 1.82) is 0 Å². The van der Waals surface area contributed by atoms with Gasteiger partial charge >= 0.3 is 0 Å². The van der Waals surface area contributed by atoms with Crippen LogP contribution < -0.4 is 10.6 Å². The number of benzene rings is 2. The highest BCUT2D eigenvalue weighted by atomic mass is 35.5. The minimum Gasteiger partial charge on any atom is -0.347 e. The van der Waals surface area contributed by atoms with Crippen LogP contribution >= 0.6 is 11.6 Å². The van der Waals surface area contributed by atoms with Crippen molar-refractivity contribution in [3.8, 4) is 0 Å². The van der Waals surface area contributed by atoms with E-state index in [2.05, 4.69) is 24.5 Å². The van der Waals surface area contributed by atoms with E-state index in [1.807, 2.05) is 24.3 Å². The van der Waals surface area contributed by atoms with Gasteiger partial charge in [0.15, 0.2) is 0 Å². The standard InChI is InChI=1S/C31H42ClN3O3/c1-5-7-12-28(31(38)35(3)4)34-29(36)23-10-8-11-25(20-23)33-30(37)26-18-13-21(9-6-2)19-27(26)22-14-16-24(32)17-15-22/h8,10-11,14-17,20-21,26-28H,5-7,9,12-13,18-19H2,1-4H3,(H,33,37)(H,34,36)/t21?,26-,27+,28-/m0/s1. The summed E-state index contributed by atoms with van der Waals surface area (Å²) in [5, 5.41) is 6.65. The van der Waals surface area contributed by atoms with Gasteiger partial charge in [0.1, 0.15) is 6.04 Å². The first-order valence-corrected chi connectivity index (χ1v) is 14.3. The van der Waals surface area contributed by atoms with Gasteiger partial charge in [0.25, 0.3) is 5.91 Å². The molecule has 0 bridgehead atoms. The van der Waals surface area contributed by atoms with E-state index in [0.29, 0.717) is 28.6 Å².